The Balaban J connectivity index is 1.78. The fraction of sp³-hybridized carbons (Fsp3) is 0.750. The molecule has 0 radical (unpaired) electrons. The molecule has 0 atom stereocenters. The molecule has 0 bridgehead atoms. The average molecular weight is 223 g/mol. The second kappa shape index (κ2) is 4.97. The van der Waals surface area contributed by atoms with Gasteiger partial charge in [0.1, 0.15) is 0 Å². The molecule has 90 valence electrons. The highest BCUT2D eigenvalue weighted by Crippen LogP contribution is 2.32. The van der Waals surface area contributed by atoms with Gasteiger partial charge in [-0.3, -0.25) is 4.68 Å². The van der Waals surface area contributed by atoms with Crippen LogP contribution in [0.3, 0.4) is 0 Å². The Labute approximate surface area is 96.8 Å². The molecule has 16 heavy (non-hydrogen) atoms. The summed E-state index contributed by atoms with van der Waals surface area (Å²) in [6, 6.07) is 0. The van der Waals surface area contributed by atoms with Crippen LogP contribution in [0.1, 0.15) is 31.2 Å². The predicted octanol–water partition coefficient (Wildman–Crippen LogP) is 1.25. The number of nitrogens with zero attached hydrogens (tertiary/aromatic N) is 2. The van der Waals surface area contributed by atoms with E-state index in [2.05, 4.69) is 5.10 Å². The molecule has 4 heteroatoms. The quantitative estimate of drug-likeness (QED) is 0.817. The van der Waals surface area contributed by atoms with E-state index in [-0.39, 0.29) is 5.60 Å². The molecule has 0 aromatic carbocycles. The highest BCUT2D eigenvalue weighted by Gasteiger charge is 2.32. The van der Waals surface area contributed by atoms with Gasteiger partial charge in [0.05, 0.1) is 18.4 Å². The smallest absolute Gasteiger partial charge is 0.0804 e. The van der Waals surface area contributed by atoms with E-state index in [4.69, 9.17) is 10.5 Å². The minimum absolute atomic E-state index is 0.0256. The highest BCUT2D eigenvalue weighted by molar-refractivity contribution is 5.03. The minimum Gasteiger partial charge on any atom is -0.373 e. The second-order valence-electron chi connectivity index (χ2n) is 4.71. The van der Waals surface area contributed by atoms with Crippen molar-refractivity contribution in [1.82, 2.24) is 9.78 Å². The summed E-state index contributed by atoms with van der Waals surface area (Å²) >= 11 is 0. The monoisotopic (exact) mass is 223 g/mol. The lowest BCUT2D eigenvalue weighted by Crippen LogP contribution is -2.38. The van der Waals surface area contributed by atoms with Crippen LogP contribution >= 0.6 is 0 Å². The number of nitrogens with two attached hydrogens (primary N) is 1. The molecule has 2 N–H and O–H groups in total. The first-order valence-electron chi connectivity index (χ1n) is 6.06. The molecular formula is C12H21N3O. The third-order valence-corrected chi connectivity index (χ3v) is 3.44. The number of hydrogen-bond acceptors (Lipinski definition) is 3. The Morgan fingerprint density at radius 2 is 2.25 bits per heavy atom. The zero-order chi connectivity index (χ0) is 11.4. The average Bonchev–Trinajstić information content (AvgIpc) is 2.89. The van der Waals surface area contributed by atoms with Crippen molar-refractivity contribution in [3.63, 3.8) is 0 Å². The van der Waals surface area contributed by atoms with Gasteiger partial charge in [0.25, 0.3) is 0 Å². The summed E-state index contributed by atoms with van der Waals surface area (Å²) < 4.78 is 7.81. The fourth-order valence-electron chi connectivity index (χ4n) is 2.41. The molecule has 1 aliphatic rings. The summed E-state index contributed by atoms with van der Waals surface area (Å²) in [5, 5.41) is 4.14. The van der Waals surface area contributed by atoms with Crippen LogP contribution in [-0.2, 0) is 18.2 Å². The van der Waals surface area contributed by atoms with Gasteiger partial charge in [-0.1, -0.05) is 12.8 Å². The summed E-state index contributed by atoms with van der Waals surface area (Å²) in [5.41, 5.74) is 7.01. The molecule has 1 saturated carbocycles. The number of rotatable bonds is 5. The van der Waals surface area contributed by atoms with Crippen LogP contribution in [0.4, 0.5) is 0 Å². The molecule has 0 spiro atoms. The van der Waals surface area contributed by atoms with Gasteiger partial charge in [-0.2, -0.15) is 5.10 Å². The van der Waals surface area contributed by atoms with Crippen molar-refractivity contribution in [2.75, 3.05) is 13.2 Å². The van der Waals surface area contributed by atoms with Gasteiger partial charge < -0.3 is 10.5 Å². The third-order valence-electron chi connectivity index (χ3n) is 3.44. The van der Waals surface area contributed by atoms with Crippen LogP contribution in [0.5, 0.6) is 0 Å². The molecule has 1 heterocycles. The molecule has 0 unspecified atom stereocenters. The first kappa shape index (κ1) is 11.6. The first-order chi connectivity index (χ1) is 7.74. The van der Waals surface area contributed by atoms with Gasteiger partial charge in [-0.25, -0.2) is 0 Å². The van der Waals surface area contributed by atoms with Crippen LogP contribution in [0, 0.1) is 0 Å². The van der Waals surface area contributed by atoms with Crippen LogP contribution in [-0.4, -0.2) is 28.5 Å². The SMILES string of the molecule is Cn1cc(CCOC2(CN)CCCC2)cn1. The zero-order valence-electron chi connectivity index (χ0n) is 9.98. The topological polar surface area (TPSA) is 53.1 Å². The lowest BCUT2D eigenvalue weighted by molar-refractivity contribution is -0.0319. The maximum atomic E-state index is 5.99. The van der Waals surface area contributed by atoms with Gasteiger partial charge in [0.2, 0.25) is 0 Å². The van der Waals surface area contributed by atoms with Crippen molar-refractivity contribution in [2.24, 2.45) is 12.8 Å². The number of aromatic nitrogens is 2. The van der Waals surface area contributed by atoms with E-state index in [0.29, 0.717) is 6.54 Å². The Kier molecular flexibility index (Phi) is 3.61. The lowest BCUT2D eigenvalue weighted by atomic mass is 10.0. The molecule has 0 aliphatic heterocycles. The summed E-state index contributed by atoms with van der Waals surface area (Å²) in [5.74, 6) is 0. The minimum atomic E-state index is -0.0256. The van der Waals surface area contributed by atoms with E-state index < -0.39 is 0 Å². The molecular weight excluding hydrogens is 202 g/mol. The molecule has 1 aromatic rings. The zero-order valence-corrected chi connectivity index (χ0v) is 9.98. The molecule has 1 aromatic heterocycles. The Morgan fingerprint density at radius 3 is 2.81 bits per heavy atom. The highest BCUT2D eigenvalue weighted by atomic mass is 16.5. The number of ether oxygens (including phenoxy) is 1. The van der Waals surface area contributed by atoms with E-state index >= 15 is 0 Å². The van der Waals surface area contributed by atoms with E-state index in [0.717, 1.165) is 25.9 Å². The largest absolute Gasteiger partial charge is 0.373 e. The van der Waals surface area contributed by atoms with E-state index in [9.17, 15) is 0 Å². The van der Waals surface area contributed by atoms with Gasteiger partial charge in [-0.15, -0.1) is 0 Å². The van der Waals surface area contributed by atoms with Crippen molar-refractivity contribution in [3.8, 4) is 0 Å². The van der Waals surface area contributed by atoms with Crippen LogP contribution in [0.15, 0.2) is 12.4 Å². The normalized spacial score (nSPS) is 19.1. The molecule has 1 fully saturated rings. The summed E-state index contributed by atoms with van der Waals surface area (Å²) in [6.07, 6.45) is 9.61. The Hall–Kier alpha value is -0.870. The lowest BCUT2D eigenvalue weighted by Gasteiger charge is -2.27. The van der Waals surface area contributed by atoms with Crippen molar-refractivity contribution in [1.29, 1.82) is 0 Å². The molecule has 0 amide bonds. The van der Waals surface area contributed by atoms with Crippen LogP contribution in [0.2, 0.25) is 0 Å². The summed E-state index contributed by atoms with van der Waals surface area (Å²) in [4.78, 5) is 0. The van der Waals surface area contributed by atoms with Gasteiger partial charge in [0, 0.05) is 19.8 Å². The van der Waals surface area contributed by atoms with E-state index in [1.165, 1.54) is 18.4 Å². The van der Waals surface area contributed by atoms with Crippen molar-refractivity contribution >= 4 is 0 Å². The maximum Gasteiger partial charge on any atom is 0.0804 e. The molecule has 0 saturated heterocycles. The maximum absolute atomic E-state index is 5.99. The van der Waals surface area contributed by atoms with Crippen LogP contribution in [0.25, 0.3) is 0 Å². The molecule has 4 nitrogen and oxygen atoms in total. The molecule has 2 rings (SSSR count). The van der Waals surface area contributed by atoms with Gasteiger partial charge in [-0.05, 0) is 24.8 Å². The fourth-order valence-corrected chi connectivity index (χ4v) is 2.41. The summed E-state index contributed by atoms with van der Waals surface area (Å²) in [6.45, 7) is 1.41. The Morgan fingerprint density at radius 1 is 1.50 bits per heavy atom. The third kappa shape index (κ3) is 2.62. The molecule has 1 aliphatic carbocycles. The van der Waals surface area contributed by atoms with Crippen LogP contribution < -0.4 is 5.73 Å². The van der Waals surface area contributed by atoms with Gasteiger partial charge >= 0.3 is 0 Å². The Bertz CT molecular complexity index is 329. The van der Waals surface area contributed by atoms with Gasteiger partial charge in [0.15, 0.2) is 0 Å². The van der Waals surface area contributed by atoms with E-state index in [1.54, 1.807) is 0 Å². The first-order valence-corrected chi connectivity index (χ1v) is 6.06. The number of hydrogen-bond donors (Lipinski definition) is 1. The van der Waals surface area contributed by atoms with E-state index in [1.807, 2.05) is 24.1 Å². The standard InChI is InChI=1S/C12H21N3O/c1-15-9-11(8-14-15)4-7-16-12(10-13)5-2-3-6-12/h8-9H,2-7,10,13H2,1H3. The van der Waals surface area contributed by atoms with Crippen molar-refractivity contribution in [3.05, 3.63) is 18.0 Å². The second-order valence-corrected chi connectivity index (χ2v) is 4.71. The predicted molar refractivity (Wildman–Crippen MR) is 63.1 cm³/mol. The number of aryl methyl sites for hydroxylation is 1. The summed E-state index contributed by atoms with van der Waals surface area (Å²) in [7, 11) is 1.93. The van der Waals surface area contributed by atoms with Crippen molar-refractivity contribution in [2.45, 2.75) is 37.7 Å². The van der Waals surface area contributed by atoms with Crippen molar-refractivity contribution < 1.29 is 4.74 Å².